The third-order valence-corrected chi connectivity index (χ3v) is 2.76. The summed E-state index contributed by atoms with van der Waals surface area (Å²) in [4.78, 5) is 0. The van der Waals surface area contributed by atoms with Crippen LogP contribution in [-0.4, -0.2) is 18.3 Å². The van der Waals surface area contributed by atoms with Gasteiger partial charge in [-0.25, -0.2) is 0 Å². The van der Waals surface area contributed by atoms with E-state index in [4.69, 9.17) is 10.5 Å². The highest BCUT2D eigenvalue weighted by Crippen LogP contribution is 2.26. The molecule has 3 nitrogen and oxygen atoms in total. The first-order valence-corrected chi connectivity index (χ1v) is 5.45. The van der Waals surface area contributed by atoms with Gasteiger partial charge in [0.2, 0.25) is 0 Å². The Morgan fingerprint density at radius 2 is 2.00 bits per heavy atom. The molecule has 0 aliphatic carbocycles. The largest absolute Gasteiger partial charge is 0.497 e. The maximum Gasteiger partial charge on any atom is 0.119 e. The van der Waals surface area contributed by atoms with Gasteiger partial charge in [0.1, 0.15) is 5.75 Å². The number of nitrogens with two attached hydrogens (primary N) is 1. The number of benzene rings is 1. The van der Waals surface area contributed by atoms with Crippen molar-refractivity contribution in [1.82, 2.24) is 0 Å². The van der Waals surface area contributed by atoms with Gasteiger partial charge in [-0.3, -0.25) is 0 Å². The molecule has 16 heavy (non-hydrogen) atoms. The van der Waals surface area contributed by atoms with E-state index >= 15 is 0 Å². The molecule has 0 fully saturated rings. The van der Waals surface area contributed by atoms with Crippen LogP contribution in [0.2, 0.25) is 0 Å². The topological polar surface area (TPSA) is 55.5 Å². The van der Waals surface area contributed by atoms with Crippen molar-refractivity contribution in [1.29, 1.82) is 0 Å². The molecule has 0 saturated heterocycles. The molecule has 0 aromatic heterocycles. The lowest BCUT2D eigenvalue weighted by Gasteiger charge is -2.26. The predicted molar refractivity (Wildman–Crippen MR) is 66.6 cm³/mol. The van der Waals surface area contributed by atoms with Gasteiger partial charge in [0, 0.05) is 12.1 Å². The summed E-state index contributed by atoms with van der Waals surface area (Å²) in [6.07, 6.45) is 0.133. The predicted octanol–water partition coefficient (Wildman–Crippen LogP) is 2.23. The average molecular weight is 223 g/mol. The van der Waals surface area contributed by atoms with Crippen molar-refractivity contribution in [2.45, 2.75) is 33.3 Å². The van der Waals surface area contributed by atoms with E-state index in [2.05, 4.69) is 0 Å². The molecule has 1 aromatic rings. The summed E-state index contributed by atoms with van der Waals surface area (Å²) in [5, 5.41) is 10.0. The van der Waals surface area contributed by atoms with Crippen molar-refractivity contribution in [2.75, 3.05) is 12.8 Å². The monoisotopic (exact) mass is 223 g/mol. The number of rotatable bonds is 3. The summed E-state index contributed by atoms with van der Waals surface area (Å²) < 4.78 is 5.14. The molecule has 0 bridgehead atoms. The Hall–Kier alpha value is -1.22. The molecule has 3 N–H and O–H groups in total. The molecule has 0 spiro atoms. The van der Waals surface area contributed by atoms with Crippen LogP contribution in [0.15, 0.2) is 18.2 Å². The third kappa shape index (κ3) is 3.14. The van der Waals surface area contributed by atoms with Gasteiger partial charge in [-0.2, -0.15) is 0 Å². The zero-order chi connectivity index (χ0) is 12.3. The lowest BCUT2D eigenvalue weighted by atomic mass is 9.85. The molecule has 1 aromatic carbocycles. The number of methoxy groups -OCH3 is 1. The molecule has 1 unspecified atom stereocenters. The molecule has 90 valence electrons. The van der Waals surface area contributed by atoms with Crippen LogP contribution in [0.5, 0.6) is 5.75 Å². The van der Waals surface area contributed by atoms with Crippen LogP contribution in [0.3, 0.4) is 0 Å². The summed E-state index contributed by atoms with van der Waals surface area (Å²) in [5.41, 5.74) is 7.36. The minimum atomic E-state index is -0.415. The molecule has 0 amide bonds. The summed E-state index contributed by atoms with van der Waals surface area (Å²) in [5.74, 6) is 0.769. The van der Waals surface area contributed by atoms with E-state index in [1.54, 1.807) is 7.11 Å². The average Bonchev–Trinajstić information content (AvgIpc) is 2.19. The van der Waals surface area contributed by atoms with E-state index in [0.29, 0.717) is 12.1 Å². The van der Waals surface area contributed by atoms with Crippen LogP contribution in [0.1, 0.15) is 26.3 Å². The molecule has 1 atom stereocenters. The minimum Gasteiger partial charge on any atom is -0.497 e. The van der Waals surface area contributed by atoms with Crippen molar-refractivity contribution >= 4 is 5.69 Å². The van der Waals surface area contributed by atoms with Gasteiger partial charge >= 0.3 is 0 Å². The summed E-state index contributed by atoms with van der Waals surface area (Å²) in [6, 6.07) is 5.51. The molecular formula is C13H21NO2. The Bertz CT molecular complexity index is 355. The minimum absolute atomic E-state index is 0.143. The maximum absolute atomic E-state index is 10.0. The summed E-state index contributed by atoms with van der Waals surface area (Å²) >= 11 is 0. The van der Waals surface area contributed by atoms with Crippen LogP contribution in [0.4, 0.5) is 5.69 Å². The second-order valence-corrected chi connectivity index (χ2v) is 5.15. The van der Waals surface area contributed by atoms with Gasteiger partial charge in [0.15, 0.2) is 0 Å². The lowest BCUT2D eigenvalue weighted by molar-refractivity contribution is 0.0637. The number of anilines is 1. The first kappa shape index (κ1) is 12.8. The van der Waals surface area contributed by atoms with Crippen LogP contribution in [-0.2, 0) is 6.42 Å². The lowest BCUT2D eigenvalue weighted by Crippen LogP contribution is -2.28. The summed E-state index contributed by atoms with van der Waals surface area (Å²) in [6.45, 7) is 6.02. The zero-order valence-corrected chi connectivity index (χ0v) is 10.4. The van der Waals surface area contributed by atoms with Gasteiger partial charge in [-0.15, -0.1) is 0 Å². The number of hydrogen-bond donors (Lipinski definition) is 2. The Morgan fingerprint density at radius 3 is 2.50 bits per heavy atom. The highest BCUT2D eigenvalue weighted by Gasteiger charge is 2.23. The molecule has 0 saturated carbocycles. The van der Waals surface area contributed by atoms with E-state index in [-0.39, 0.29) is 5.41 Å². The van der Waals surface area contributed by atoms with Crippen molar-refractivity contribution in [3.63, 3.8) is 0 Å². The standard InChI is InChI=1S/C13H21NO2/c1-13(2,3)12(15)8-9-7-10(16-4)5-6-11(9)14/h5-7,12,15H,8,14H2,1-4H3. The number of nitrogen functional groups attached to an aromatic ring is 1. The Balaban J connectivity index is 2.88. The van der Waals surface area contributed by atoms with Crippen LogP contribution in [0, 0.1) is 5.41 Å². The highest BCUT2D eigenvalue weighted by atomic mass is 16.5. The van der Waals surface area contributed by atoms with Gasteiger partial charge in [0.05, 0.1) is 13.2 Å². The molecule has 0 aliphatic rings. The second kappa shape index (κ2) is 4.74. The Labute approximate surface area is 97.2 Å². The smallest absolute Gasteiger partial charge is 0.119 e. The quantitative estimate of drug-likeness (QED) is 0.773. The van der Waals surface area contributed by atoms with Crippen molar-refractivity contribution < 1.29 is 9.84 Å². The molecule has 0 heterocycles. The number of aliphatic hydroxyl groups excluding tert-OH is 1. The van der Waals surface area contributed by atoms with Crippen LogP contribution in [0.25, 0.3) is 0 Å². The fourth-order valence-corrected chi connectivity index (χ4v) is 1.40. The molecular weight excluding hydrogens is 202 g/mol. The van der Waals surface area contributed by atoms with E-state index in [1.807, 2.05) is 39.0 Å². The fraction of sp³-hybridized carbons (Fsp3) is 0.538. The van der Waals surface area contributed by atoms with Gasteiger partial charge < -0.3 is 15.6 Å². The fourth-order valence-electron chi connectivity index (χ4n) is 1.40. The number of hydrogen-bond acceptors (Lipinski definition) is 3. The Morgan fingerprint density at radius 1 is 1.38 bits per heavy atom. The van der Waals surface area contributed by atoms with Crippen LogP contribution >= 0.6 is 0 Å². The van der Waals surface area contributed by atoms with Gasteiger partial charge in [0.25, 0.3) is 0 Å². The SMILES string of the molecule is COc1ccc(N)c(CC(O)C(C)(C)C)c1. The van der Waals surface area contributed by atoms with Crippen molar-refractivity contribution in [3.8, 4) is 5.75 Å². The summed E-state index contributed by atoms with van der Waals surface area (Å²) in [7, 11) is 1.62. The molecule has 1 rings (SSSR count). The number of aliphatic hydroxyl groups is 1. The first-order chi connectivity index (χ1) is 7.34. The Kier molecular flexibility index (Phi) is 3.81. The highest BCUT2D eigenvalue weighted by molar-refractivity contribution is 5.50. The van der Waals surface area contributed by atoms with E-state index in [9.17, 15) is 5.11 Å². The number of ether oxygens (including phenoxy) is 1. The molecule has 0 aliphatic heterocycles. The van der Waals surface area contributed by atoms with Crippen LogP contribution < -0.4 is 10.5 Å². The second-order valence-electron chi connectivity index (χ2n) is 5.15. The van der Waals surface area contributed by atoms with Crippen molar-refractivity contribution in [2.24, 2.45) is 5.41 Å². The molecule has 3 heteroatoms. The van der Waals surface area contributed by atoms with E-state index in [1.165, 1.54) is 0 Å². The maximum atomic E-state index is 10.0. The van der Waals surface area contributed by atoms with E-state index < -0.39 is 6.10 Å². The zero-order valence-electron chi connectivity index (χ0n) is 10.4. The molecule has 0 radical (unpaired) electrons. The van der Waals surface area contributed by atoms with Gasteiger partial charge in [-0.05, 0) is 29.2 Å². The third-order valence-electron chi connectivity index (χ3n) is 2.76. The first-order valence-electron chi connectivity index (χ1n) is 5.45. The van der Waals surface area contributed by atoms with Gasteiger partial charge in [-0.1, -0.05) is 20.8 Å². The van der Waals surface area contributed by atoms with E-state index in [0.717, 1.165) is 11.3 Å². The van der Waals surface area contributed by atoms with Crippen molar-refractivity contribution in [3.05, 3.63) is 23.8 Å². The normalized spacial score (nSPS) is 13.6.